The van der Waals surface area contributed by atoms with Gasteiger partial charge in [0, 0.05) is 6.42 Å². The second-order valence-corrected chi connectivity index (χ2v) is 5.50. The summed E-state index contributed by atoms with van der Waals surface area (Å²) >= 11 is 6.08. The first-order valence-corrected chi connectivity index (χ1v) is 7.47. The minimum atomic E-state index is -0.260. The SMILES string of the molecule is Clc1ccccc1OC1CCC(Cc2ccccc2)=CO1. The van der Waals surface area contributed by atoms with E-state index < -0.39 is 0 Å². The average Bonchev–Trinajstić information content (AvgIpc) is 2.52. The summed E-state index contributed by atoms with van der Waals surface area (Å²) in [7, 11) is 0. The van der Waals surface area contributed by atoms with Gasteiger partial charge in [0.05, 0.1) is 11.3 Å². The summed E-state index contributed by atoms with van der Waals surface area (Å²) in [6, 6.07) is 17.9. The van der Waals surface area contributed by atoms with Crippen molar-refractivity contribution in [2.45, 2.75) is 25.6 Å². The number of para-hydroxylation sites is 1. The van der Waals surface area contributed by atoms with Gasteiger partial charge in [-0.05, 0) is 36.1 Å². The predicted octanol–water partition coefficient (Wildman–Crippen LogP) is 4.98. The van der Waals surface area contributed by atoms with E-state index in [1.54, 1.807) is 0 Å². The van der Waals surface area contributed by atoms with Crippen LogP contribution in [-0.2, 0) is 11.2 Å². The normalized spacial score (nSPS) is 17.8. The molecule has 0 saturated heterocycles. The first kappa shape index (κ1) is 14.0. The lowest BCUT2D eigenvalue weighted by molar-refractivity contribution is -0.0440. The molecule has 0 aromatic heterocycles. The highest BCUT2D eigenvalue weighted by molar-refractivity contribution is 6.32. The molecule has 2 aromatic carbocycles. The summed E-state index contributed by atoms with van der Waals surface area (Å²) in [5.74, 6) is 0.670. The fourth-order valence-electron chi connectivity index (χ4n) is 2.36. The molecule has 0 bridgehead atoms. The summed E-state index contributed by atoms with van der Waals surface area (Å²) < 4.78 is 11.5. The van der Waals surface area contributed by atoms with Gasteiger partial charge in [-0.15, -0.1) is 0 Å². The monoisotopic (exact) mass is 300 g/mol. The molecule has 0 amide bonds. The first-order chi connectivity index (χ1) is 10.3. The molecule has 1 heterocycles. The zero-order valence-electron chi connectivity index (χ0n) is 11.7. The number of benzene rings is 2. The summed E-state index contributed by atoms with van der Waals surface area (Å²) in [6.45, 7) is 0. The van der Waals surface area contributed by atoms with E-state index >= 15 is 0 Å². The van der Waals surface area contributed by atoms with E-state index in [4.69, 9.17) is 21.1 Å². The molecule has 21 heavy (non-hydrogen) atoms. The summed E-state index contributed by atoms with van der Waals surface area (Å²) in [4.78, 5) is 0. The molecule has 0 aliphatic carbocycles. The van der Waals surface area contributed by atoms with Crippen molar-refractivity contribution in [3.05, 3.63) is 77.0 Å². The van der Waals surface area contributed by atoms with Crippen molar-refractivity contribution in [1.29, 1.82) is 0 Å². The fourth-order valence-corrected chi connectivity index (χ4v) is 2.54. The Morgan fingerprint density at radius 2 is 1.81 bits per heavy atom. The van der Waals surface area contributed by atoms with Crippen LogP contribution in [0.3, 0.4) is 0 Å². The third-order valence-corrected chi connectivity index (χ3v) is 3.77. The van der Waals surface area contributed by atoms with Crippen molar-refractivity contribution >= 4 is 11.6 Å². The van der Waals surface area contributed by atoms with Gasteiger partial charge in [0.2, 0.25) is 6.29 Å². The van der Waals surface area contributed by atoms with Gasteiger partial charge in [-0.1, -0.05) is 54.1 Å². The van der Waals surface area contributed by atoms with Crippen LogP contribution in [0.1, 0.15) is 18.4 Å². The summed E-state index contributed by atoms with van der Waals surface area (Å²) in [5, 5.41) is 0.611. The molecule has 0 N–H and O–H groups in total. The van der Waals surface area contributed by atoms with Crippen LogP contribution in [0.15, 0.2) is 66.4 Å². The number of ether oxygens (including phenoxy) is 2. The zero-order valence-corrected chi connectivity index (χ0v) is 12.4. The van der Waals surface area contributed by atoms with E-state index in [-0.39, 0.29) is 6.29 Å². The highest BCUT2D eigenvalue weighted by Crippen LogP contribution is 2.28. The highest BCUT2D eigenvalue weighted by Gasteiger charge is 2.18. The van der Waals surface area contributed by atoms with Crippen LogP contribution in [0.25, 0.3) is 0 Å². The lowest BCUT2D eigenvalue weighted by atomic mass is 10.0. The molecule has 0 radical (unpaired) electrons. The van der Waals surface area contributed by atoms with Gasteiger partial charge < -0.3 is 9.47 Å². The van der Waals surface area contributed by atoms with E-state index in [2.05, 4.69) is 24.3 Å². The minimum absolute atomic E-state index is 0.260. The van der Waals surface area contributed by atoms with E-state index in [1.807, 2.05) is 36.6 Å². The van der Waals surface area contributed by atoms with Gasteiger partial charge >= 0.3 is 0 Å². The Morgan fingerprint density at radius 3 is 2.52 bits per heavy atom. The summed E-state index contributed by atoms with van der Waals surface area (Å²) in [6.07, 6.45) is 4.32. The van der Waals surface area contributed by atoms with Crippen molar-refractivity contribution in [1.82, 2.24) is 0 Å². The maximum Gasteiger partial charge on any atom is 0.240 e. The maximum atomic E-state index is 6.08. The topological polar surface area (TPSA) is 18.5 Å². The highest BCUT2D eigenvalue weighted by atomic mass is 35.5. The number of allylic oxidation sites excluding steroid dienone is 1. The van der Waals surface area contributed by atoms with Gasteiger partial charge in [-0.3, -0.25) is 0 Å². The largest absolute Gasteiger partial charge is 0.463 e. The molecule has 2 nitrogen and oxygen atoms in total. The number of hydrogen-bond acceptors (Lipinski definition) is 2. The Kier molecular flexibility index (Phi) is 4.46. The quantitative estimate of drug-likeness (QED) is 0.792. The molecule has 2 aromatic rings. The molecular formula is C18H17ClO2. The van der Waals surface area contributed by atoms with E-state index in [9.17, 15) is 0 Å². The minimum Gasteiger partial charge on any atom is -0.463 e. The second-order valence-electron chi connectivity index (χ2n) is 5.09. The second kappa shape index (κ2) is 6.68. The van der Waals surface area contributed by atoms with Crippen molar-refractivity contribution in [2.24, 2.45) is 0 Å². The molecule has 3 rings (SSSR count). The predicted molar refractivity (Wildman–Crippen MR) is 84.4 cm³/mol. The van der Waals surface area contributed by atoms with E-state index in [0.717, 1.165) is 19.3 Å². The number of halogens is 1. The van der Waals surface area contributed by atoms with Gasteiger partial charge in [0.25, 0.3) is 0 Å². The molecule has 1 atom stereocenters. The maximum absolute atomic E-state index is 6.08. The van der Waals surface area contributed by atoms with E-state index in [1.165, 1.54) is 11.1 Å². The Labute approximate surface area is 130 Å². The Morgan fingerprint density at radius 1 is 1.05 bits per heavy atom. The van der Waals surface area contributed by atoms with Gasteiger partial charge in [0.15, 0.2) is 0 Å². The van der Waals surface area contributed by atoms with Gasteiger partial charge in [-0.25, -0.2) is 0 Å². The van der Waals surface area contributed by atoms with Crippen LogP contribution in [-0.4, -0.2) is 6.29 Å². The van der Waals surface area contributed by atoms with Crippen molar-refractivity contribution in [3.8, 4) is 5.75 Å². The molecule has 108 valence electrons. The standard InChI is InChI=1S/C18H17ClO2/c19-16-8-4-5-9-17(16)21-18-11-10-15(13-20-18)12-14-6-2-1-3-7-14/h1-9,13,18H,10-12H2. The summed E-state index contributed by atoms with van der Waals surface area (Å²) in [5.41, 5.74) is 2.60. The Balaban J connectivity index is 1.58. The fraction of sp³-hybridized carbons (Fsp3) is 0.222. The zero-order chi connectivity index (χ0) is 14.5. The van der Waals surface area contributed by atoms with Gasteiger partial charge in [0.1, 0.15) is 5.75 Å². The molecule has 0 saturated carbocycles. The molecule has 3 heteroatoms. The lowest BCUT2D eigenvalue weighted by Crippen LogP contribution is -2.22. The van der Waals surface area contributed by atoms with Crippen LogP contribution >= 0.6 is 11.6 Å². The van der Waals surface area contributed by atoms with Crippen molar-refractivity contribution in [3.63, 3.8) is 0 Å². The van der Waals surface area contributed by atoms with Crippen molar-refractivity contribution < 1.29 is 9.47 Å². The Bertz CT molecular complexity index is 622. The first-order valence-electron chi connectivity index (χ1n) is 7.10. The molecule has 1 unspecified atom stereocenters. The molecular weight excluding hydrogens is 284 g/mol. The van der Waals surface area contributed by atoms with Crippen LogP contribution in [0.5, 0.6) is 5.75 Å². The molecule has 0 spiro atoms. The van der Waals surface area contributed by atoms with Crippen molar-refractivity contribution in [2.75, 3.05) is 0 Å². The molecule has 1 aliphatic rings. The van der Waals surface area contributed by atoms with Gasteiger partial charge in [-0.2, -0.15) is 0 Å². The third-order valence-electron chi connectivity index (χ3n) is 3.46. The Hall–Kier alpha value is -1.93. The molecule has 0 fully saturated rings. The lowest BCUT2D eigenvalue weighted by Gasteiger charge is -2.24. The van der Waals surface area contributed by atoms with Crippen LogP contribution in [0.4, 0.5) is 0 Å². The third kappa shape index (κ3) is 3.79. The van der Waals surface area contributed by atoms with Crippen LogP contribution in [0.2, 0.25) is 5.02 Å². The number of hydrogen-bond donors (Lipinski definition) is 0. The number of rotatable bonds is 4. The van der Waals surface area contributed by atoms with Crippen LogP contribution < -0.4 is 4.74 Å². The van der Waals surface area contributed by atoms with Crippen LogP contribution in [0, 0.1) is 0 Å². The van der Waals surface area contributed by atoms with E-state index in [0.29, 0.717) is 10.8 Å². The molecule has 1 aliphatic heterocycles. The average molecular weight is 301 g/mol. The smallest absolute Gasteiger partial charge is 0.240 e.